The van der Waals surface area contributed by atoms with E-state index in [2.05, 4.69) is 0 Å². The first kappa shape index (κ1) is 18.2. The van der Waals surface area contributed by atoms with Crippen LogP contribution in [0.2, 0.25) is 10.0 Å². The highest BCUT2D eigenvalue weighted by molar-refractivity contribution is 7.89. The number of primary sulfonamides is 1. The molecule has 0 atom stereocenters. The summed E-state index contributed by atoms with van der Waals surface area (Å²) in [5.74, 6) is -0.377. The van der Waals surface area contributed by atoms with Crippen LogP contribution >= 0.6 is 23.2 Å². The Kier molecular flexibility index (Phi) is 6.42. The van der Waals surface area contributed by atoms with Gasteiger partial charge in [-0.05, 0) is 19.1 Å². The van der Waals surface area contributed by atoms with Gasteiger partial charge in [0.1, 0.15) is 4.90 Å². The molecule has 0 bridgehead atoms. The lowest BCUT2D eigenvalue weighted by Gasteiger charge is -2.21. The number of rotatable bonds is 6. The molecule has 0 saturated carbocycles. The summed E-state index contributed by atoms with van der Waals surface area (Å²) in [6, 6.07) is 2.44. The number of nitrogens with zero attached hydrogens (tertiary/aromatic N) is 1. The van der Waals surface area contributed by atoms with E-state index in [-0.39, 0.29) is 26.4 Å². The molecular weight excluding hydrogens is 339 g/mol. The van der Waals surface area contributed by atoms with Gasteiger partial charge >= 0.3 is 0 Å². The van der Waals surface area contributed by atoms with Gasteiger partial charge in [0, 0.05) is 25.8 Å². The summed E-state index contributed by atoms with van der Waals surface area (Å²) in [7, 11) is -2.55. The molecule has 118 valence electrons. The maximum Gasteiger partial charge on any atom is 0.254 e. The molecule has 1 rings (SSSR count). The molecule has 21 heavy (non-hydrogen) atoms. The first-order valence-corrected chi connectivity index (χ1v) is 8.32. The van der Waals surface area contributed by atoms with Crippen LogP contribution < -0.4 is 5.14 Å². The van der Waals surface area contributed by atoms with Crippen LogP contribution in [0.3, 0.4) is 0 Å². The number of carbonyl (C=O) groups is 1. The number of carbonyl (C=O) groups excluding carboxylic acids is 1. The second-order valence-corrected chi connectivity index (χ2v) is 6.51. The van der Waals surface area contributed by atoms with E-state index >= 15 is 0 Å². The van der Waals surface area contributed by atoms with Crippen LogP contribution in [-0.4, -0.2) is 46.0 Å². The molecule has 0 heterocycles. The van der Waals surface area contributed by atoms with Crippen LogP contribution in [0.5, 0.6) is 0 Å². The Morgan fingerprint density at radius 3 is 2.48 bits per heavy atom. The number of nitrogens with two attached hydrogens (primary N) is 1. The summed E-state index contributed by atoms with van der Waals surface area (Å²) in [6.07, 6.45) is 0. The zero-order valence-corrected chi connectivity index (χ0v) is 13.9. The van der Waals surface area contributed by atoms with Crippen molar-refractivity contribution < 1.29 is 17.9 Å². The van der Waals surface area contributed by atoms with Crippen molar-refractivity contribution in [3.8, 4) is 0 Å². The summed E-state index contributed by atoms with van der Waals surface area (Å²) in [4.78, 5) is 13.5. The Hall–Kier alpha value is -0.860. The number of halogens is 2. The lowest BCUT2D eigenvalue weighted by Crippen LogP contribution is -2.33. The number of amides is 1. The van der Waals surface area contributed by atoms with Crippen molar-refractivity contribution in [1.82, 2.24) is 4.90 Å². The van der Waals surface area contributed by atoms with Gasteiger partial charge in [0.25, 0.3) is 5.91 Å². The number of hydrogen-bond donors (Lipinski definition) is 1. The van der Waals surface area contributed by atoms with Crippen molar-refractivity contribution in [1.29, 1.82) is 0 Å². The van der Waals surface area contributed by atoms with E-state index in [0.29, 0.717) is 19.7 Å². The molecule has 1 amide bonds. The zero-order valence-electron chi connectivity index (χ0n) is 11.6. The number of sulfonamides is 1. The molecule has 1 aromatic carbocycles. The van der Waals surface area contributed by atoms with E-state index in [0.717, 1.165) is 6.07 Å². The molecule has 0 saturated heterocycles. The lowest BCUT2D eigenvalue weighted by atomic mass is 10.2. The van der Waals surface area contributed by atoms with E-state index in [1.165, 1.54) is 18.1 Å². The molecule has 0 unspecified atom stereocenters. The lowest BCUT2D eigenvalue weighted by molar-refractivity contribution is 0.0706. The minimum absolute atomic E-state index is 0.0469. The molecule has 6 nitrogen and oxygen atoms in total. The molecule has 0 aliphatic carbocycles. The van der Waals surface area contributed by atoms with Crippen LogP contribution in [0.1, 0.15) is 17.3 Å². The van der Waals surface area contributed by atoms with Gasteiger partial charge in [0.05, 0.1) is 16.7 Å². The minimum atomic E-state index is -4.07. The highest BCUT2D eigenvalue weighted by atomic mass is 35.5. The second-order valence-electron chi connectivity index (χ2n) is 4.19. The minimum Gasteiger partial charge on any atom is -0.383 e. The molecular formula is C12H16Cl2N2O4S. The first-order valence-electron chi connectivity index (χ1n) is 6.02. The molecule has 0 aromatic heterocycles. The largest absolute Gasteiger partial charge is 0.383 e. The summed E-state index contributed by atoms with van der Waals surface area (Å²) >= 11 is 11.7. The third-order valence-corrected chi connectivity index (χ3v) is 4.63. The van der Waals surface area contributed by atoms with Crippen molar-refractivity contribution >= 4 is 39.1 Å². The molecule has 2 N–H and O–H groups in total. The van der Waals surface area contributed by atoms with Crippen LogP contribution in [0.25, 0.3) is 0 Å². The van der Waals surface area contributed by atoms with E-state index in [1.54, 1.807) is 6.92 Å². The third-order valence-electron chi connectivity index (χ3n) is 2.78. The van der Waals surface area contributed by atoms with Gasteiger partial charge in [-0.2, -0.15) is 0 Å². The van der Waals surface area contributed by atoms with Crippen molar-refractivity contribution in [2.24, 2.45) is 5.14 Å². The van der Waals surface area contributed by atoms with Gasteiger partial charge in [-0.3, -0.25) is 4.79 Å². The van der Waals surface area contributed by atoms with Crippen molar-refractivity contribution in [3.05, 3.63) is 27.7 Å². The number of methoxy groups -OCH3 is 1. The highest BCUT2D eigenvalue weighted by Gasteiger charge is 2.22. The van der Waals surface area contributed by atoms with E-state index in [1.807, 2.05) is 0 Å². The summed E-state index contributed by atoms with van der Waals surface area (Å²) in [5, 5.41) is 4.82. The van der Waals surface area contributed by atoms with Gasteiger partial charge < -0.3 is 9.64 Å². The fourth-order valence-corrected chi connectivity index (χ4v) is 3.04. The fraction of sp³-hybridized carbons (Fsp3) is 0.417. The van der Waals surface area contributed by atoms with Gasteiger partial charge in [0.15, 0.2) is 0 Å². The Labute approximate surface area is 133 Å². The van der Waals surface area contributed by atoms with Gasteiger partial charge in [-0.15, -0.1) is 0 Å². The maximum atomic E-state index is 12.4. The average molecular weight is 355 g/mol. The molecule has 0 aliphatic rings. The molecule has 9 heteroatoms. The van der Waals surface area contributed by atoms with Gasteiger partial charge in [-0.1, -0.05) is 23.2 Å². The molecule has 0 radical (unpaired) electrons. The summed E-state index contributed by atoms with van der Waals surface area (Å²) in [6.45, 7) is 2.97. The molecule has 0 aliphatic heterocycles. The van der Waals surface area contributed by atoms with Gasteiger partial charge in [-0.25, -0.2) is 13.6 Å². The summed E-state index contributed by atoms with van der Waals surface area (Å²) in [5.41, 5.74) is 0.103. The van der Waals surface area contributed by atoms with Crippen LogP contribution in [-0.2, 0) is 14.8 Å². The first-order chi connectivity index (χ1) is 9.72. The zero-order chi connectivity index (χ0) is 16.2. The van der Waals surface area contributed by atoms with Crippen LogP contribution in [0.4, 0.5) is 0 Å². The Bertz CT molecular complexity index is 634. The Morgan fingerprint density at radius 2 is 2.00 bits per heavy atom. The van der Waals surface area contributed by atoms with Crippen molar-refractivity contribution in [3.63, 3.8) is 0 Å². The number of benzene rings is 1. The predicted molar refractivity (Wildman–Crippen MR) is 81.3 cm³/mol. The molecule has 0 fully saturated rings. The standard InChI is InChI=1S/C12H16Cl2N2O4S/c1-3-16(4-5-20-2)12(17)8-6-9(13)11(14)10(7-8)21(15,18)19/h6-7H,3-5H2,1-2H3,(H2,15,18,19). The number of hydrogen-bond acceptors (Lipinski definition) is 4. The highest BCUT2D eigenvalue weighted by Crippen LogP contribution is 2.30. The van der Waals surface area contributed by atoms with Gasteiger partial charge in [0.2, 0.25) is 10.0 Å². The number of ether oxygens (including phenoxy) is 1. The Balaban J connectivity index is 3.25. The second kappa shape index (κ2) is 7.42. The van der Waals surface area contributed by atoms with Crippen molar-refractivity contribution in [2.45, 2.75) is 11.8 Å². The molecule has 0 spiro atoms. The van der Waals surface area contributed by atoms with E-state index in [4.69, 9.17) is 33.1 Å². The SMILES string of the molecule is CCN(CCOC)C(=O)c1cc(Cl)c(Cl)c(S(N)(=O)=O)c1. The predicted octanol–water partition coefficient (Wildman–Crippen LogP) is 1.75. The topological polar surface area (TPSA) is 89.7 Å². The third kappa shape index (κ3) is 4.55. The quantitative estimate of drug-likeness (QED) is 0.842. The normalized spacial score (nSPS) is 11.5. The molecule has 1 aromatic rings. The van der Waals surface area contributed by atoms with Crippen LogP contribution in [0, 0.1) is 0 Å². The summed E-state index contributed by atoms with van der Waals surface area (Å²) < 4.78 is 27.9. The van der Waals surface area contributed by atoms with Crippen molar-refractivity contribution in [2.75, 3.05) is 26.8 Å². The monoisotopic (exact) mass is 354 g/mol. The average Bonchev–Trinajstić information content (AvgIpc) is 2.40. The fourth-order valence-electron chi connectivity index (χ4n) is 1.68. The van der Waals surface area contributed by atoms with E-state index in [9.17, 15) is 13.2 Å². The maximum absolute atomic E-state index is 12.4. The van der Waals surface area contributed by atoms with E-state index < -0.39 is 10.0 Å². The number of likely N-dealkylation sites (N-methyl/N-ethyl adjacent to an activating group) is 1. The van der Waals surface area contributed by atoms with Crippen LogP contribution in [0.15, 0.2) is 17.0 Å². The smallest absolute Gasteiger partial charge is 0.254 e. The Morgan fingerprint density at radius 1 is 1.38 bits per heavy atom.